The van der Waals surface area contributed by atoms with Gasteiger partial charge in [-0.05, 0) is 6.07 Å². The fourth-order valence-corrected chi connectivity index (χ4v) is 1.85. The summed E-state index contributed by atoms with van der Waals surface area (Å²) in [5.74, 6) is 0.674. The summed E-state index contributed by atoms with van der Waals surface area (Å²) in [5, 5.41) is 8.90. The lowest BCUT2D eigenvalue weighted by molar-refractivity contribution is -0.117. The van der Waals surface area contributed by atoms with Gasteiger partial charge in [0.2, 0.25) is 11.9 Å². The van der Waals surface area contributed by atoms with Gasteiger partial charge in [-0.25, -0.2) is 5.10 Å². The van der Waals surface area contributed by atoms with E-state index in [9.17, 15) is 4.79 Å². The van der Waals surface area contributed by atoms with E-state index in [1.54, 1.807) is 0 Å². The number of anilines is 1. The lowest BCUT2D eigenvalue weighted by Gasteiger charge is -2.07. The molecule has 0 bridgehead atoms. The highest BCUT2D eigenvalue weighted by atomic mass is 16.5. The van der Waals surface area contributed by atoms with Crippen molar-refractivity contribution in [2.24, 2.45) is 0 Å². The van der Waals surface area contributed by atoms with E-state index in [2.05, 4.69) is 20.5 Å². The first-order valence-corrected chi connectivity index (χ1v) is 5.22. The molecule has 0 fully saturated rings. The van der Waals surface area contributed by atoms with E-state index in [0.717, 1.165) is 11.3 Å². The monoisotopic (exact) mass is 230 g/mol. The molecular weight excluding hydrogens is 220 g/mol. The van der Waals surface area contributed by atoms with E-state index in [1.165, 1.54) is 6.33 Å². The average molecular weight is 230 g/mol. The summed E-state index contributed by atoms with van der Waals surface area (Å²) in [7, 11) is 0. The summed E-state index contributed by atoms with van der Waals surface area (Å²) in [5.41, 5.74) is 0.907. The van der Waals surface area contributed by atoms with E-state index in [0.29, 0.717) is 12.6 Å². The van der Waals surface area contributed by atoms with Crippen molar-refractivity contribution in [3.05, 3.63) is 36.2 Å². The van der Waals surface area contributed by atoms with Crippen LogP contribution in [0.4, 0.5) is 5.95 Å². The van der Waals surface area contributed by atoms with Crippen LogP contribution in [-0.2, 0) is 4.79 Å². The van der Waals surface area contributed by atoms with Gasteiger partial charge in [0.25, 0.3) is 0 Å². The molecule has 0 saturated heterocycles. The number of ether oxygens (including phenoxy) is 1. The number of para-hydroxylation sites is 1. The summed E-state index contributed by atoms with van der Waals surface area (Å²) in [4.78, 5) is 15.8. The molecule has 0 spiro atoms. The van der Waals surface area contributed by atoms with Gasteiger partial charge in [0, 0.05) is 5.56 Å². The molecule has 1 aliphatic rings. The average Bonchev–Trinajstić information content (AvgIpc) is 2.96. The van der Waals surface area contributed by atoms with Gasteiger partial charge in [-0.1, -0.05) is 18.2 Å². The zero-order valence-electron chi connectivity index (χ0n) is 8.88. The predicted molar refractivity (Wildman–Crippen MR) is 59.7 cm³/mol. The standard InChI is InChI=1S/C11H10N4O2/c16-10(14-11-12-6-13-15-11)8-5-17-9-4-2-1-3-7(8)9/h1-4,6,8H,5H2,(H2,12,13,14,15,16). The number of benzene rings is 1. The zero-order chi connectivity index (χ0) is 11.7. The highest BCUT2D eigenvalue weighted by Gasteiger charge is 2.30. The number of aromatic nitrogens is 3. The van der Waals surface area contributed by atoms with Gasteiger partial charge in [-0.3, -0.25) is 10.1 Å². The van der Waals surface area contributed by atoms with Crippen LogP contribution in [0.3, 0.4) is 0 Å². The third-order valence-corrected chi connectivity index (χ3v) is 2.67. The smallest absolute Gasteiger partial charge is 0.237 e. The van der Waals surface area contributed by atoms with Crippen molar-refractivity contribution in [2.75, 3.05) is 11.9 Å². The summed E-state index contributed by atoms with van der Waals surface area (Å²) in [6.07, 6.45) is 1.34. The molecule has 3 rings (SSSR count). The maximum absolute atomic E-state index is 12.0. The third-order valence-electron chi connectivity index (χ3n) is 2.67. The van der Waals surface area contributed by atoms with Crippen LogP contribution in [0.5, 0.6) is 5.75 Å². The highest BCUT2D eigenvalue weighted by molar-refractivity contribution is 5.95. The van der Waals surface area contributed by atoms with Crippen molar-refractivity contribution in [1.82, 2.24) is 15.2 Å². The molecule has 2 heterocycles. The van der Waals surface area contributed by atoms with Gasteiger partial charge in [0.15, 0.2) is 0 Å². The van der Waals surface area contributed by atoms with Crippen molar-refractivity contribution < 1.29 is 9.53 Å². The number of carbonyl (C=O) groups is 1. The molecule has 0 saturated carbocycles. The molecule has 2 aromatic rings. The Morgan fingerprint density at radius 2 is 2.35 bits per heavy atom. The van der Waals surface area contributed by atoms with Crippen LogP contribution in [-0.4, -0.2) is 27.7 Å². The number of aromatic amines is 1. The van der Waals surface area contributed by atoms with Crippen molar-refractivity contribution in [2.45, 2.75) is 5.92 Å². The van der Waals surface area contributed by atoms with E-state index < -0.39 is 0 Å². The number of rotatable bonds is 2. The van der Waals surface area contributed by atoms with Crippen LogP contribution in [0.25, 0.3) is 0 Å². The van der Waals surface area contributed by atoms with Crippen molar-refractivity contribution in [3.63, 3.8) is 0 Å². The van der Waals surface area contributed by atoms with Crippen LogP contribution in [0.2, 0.25) is 0 Å². The predicted octanol–water partition coefficient (Wildman–Crippen LogP) is 0.919. The second-order valence-electron chi connectivity index (χ2n) is 3.72. The summed E-state index contributed by atoms with van der Waals surface area (Å²) < 4.78 is 5.44. The summed E-state index contributed by atoms with van der Waals surface area (Å²) >= 11 is 0. The van der Waals surface area contributed by atoms with Crippen LogP contribution in [0.1, 0.15) is 11.5 Å². The van der Waals surface area contributed by atoms with Gasteiger partial charge in [0.05, 0.1) is 0 Å². The molecule has 6 heteroatoms. The highest BCUT2D eigenvalue weighted by Crippen LogP contribution is 2.33. The number of hydrogen-bond donors (Lipinski definition) is 2. The molecule has 86 valence electrons. The fourth-order valence-electron chi connectivity index (χ4n) is 1.85. The minimum atomic E-state index is -0.295. The fraction of sp³-hybridized carbons (Fsp3) is 0.182. The number of nitrogens with one attached hydrogen (secondary N) is 2. The van der Waals surface area contributed by atoms with Crippen molar-refractivity contribution in [3.8, 4) is 5.75 Å². The number of amides is 1. The normalized spacial score (nSPS) is 17.3. The first kappa shape index (κ1) is 9.83. The van der Waals surface area contributed by atoms with E-state index in [-0.39, 0.29) is 11.8 Å². The molecule has 1 atom stereocenters. The lowest BCUT2D eigenvalue weighted by Crippen LogP contribution is -2.22. The second kappa shape index (κ2) is 3.89. The summed E-state index contributed by atoms with van der Waals surface area (Å²) in [6, 6.07) is 7.53. The SMILES string of the molecule is O=C(Nc1ncn[nH]1)C1COc2ccccc21. The first-order chi connectivity index (χ1) is 8.34. The minimum absolute atomic E-state index is 0.147. The molecule has 0 radical (unpaired) electrons. The van der Waals surface area contributed by atoms with Crippen molar-refractivity contribution in [1.29, 1.82) is 0 Å². The molecule has 2 N–H and O–H groups in total. The zero-order valence-corrected chi connectivity index (χ0v) is 8.88. The van der Waals surface area contributed by atoms with Crippen LogP contribution in [0, 0.1) is 0 Å². The molecule has 6 nitrogen and oxygen atoms in total. The molecule has 1 aromatic heterocycles. The topological polar surface area (TPSA) is 79.9 Å². The number of nitrogens with zero attached hydrogens (tertiary/aromatic N) is 2. The lowest BCUT2D eigenvalue weighted by atomic mass is 10.0. The Bertz CT molecular complexity index is 538. The Kier molecular flexibility index (Phi) is 2.25. The number of carbonyl (C=O) groups excluding carboxylic acids is 1. The Morgan fingerprint density at radius 1 is 1.47 bits per heavy atom. The van der Waals surface area contributed by atoms with Crippen LogP contribution in [0.15, 0.2) is 30.6 Å². The van der Waals surface area contributed by atoms with E-state index in [1.807, 2.05) is 24.3 Å². The molecule has 1 aliphatic heterocycles. The van der Waals surface area contributed by atoms with Gasteiger partial charge in [-0.15, -0.1) is 0 Å². The molecular formula is C11H10N4O2. The Labute approximate surface area is 97.0 Å². The molecule has 1 amide bonds. The molecule has 17 heavy (non-hydrogen) atoms. The van der Waals surface area contributed by atoms with Gasteiger partial charge in [-0.2, -0.15) is 10.1 Å². The maximum Gasteiger partial charge on any atom is 0.237 e. The Morgan fingerprint density at radius 3 is 3.18 bits per heavy atom. The van der Waals surface area contributed by atoms with E-state index in [4.69, 9.17) is 4.74 Å². The van der Waals surface area contributed by atoms with Gasteiger partial charge < -0.3 is 4.74 Å². The largest absolute Gasteiger partial charge is 0.492 e. The Balaban J connectivity index is 1.80. The molecule has 0 aliphatic carbocycles. The maximum atomic E-state index is 12.0. The quantitative estimate of drug-likeness (QED) is 0.803. The number of H-pyrrole nitrogens is 1. The van der Waals surface area contributed by atoms with Gasteiger partial charge >= 0.3 is 0 Å². The van der Waals surface area contributed by atoms with Crippen LogP contribution < -0.4 is 10.1 Å². The molecule has 1 aromatic carbocycles. The second-order valence-corrected chi connectivity index (χ2v) is 3.72. The molecule has 1 unspecified atom stereocenters. The van der Waals surface area contributed by atoms with E-state index >= 15 is 0 Å². The Hall–Kier alpha value is -2.37. The summed E-state index contributed by atoms with van der Waals surface area (Å²) in [6.45, 7) is 0.360. The first-order valence-electron chi connectivity index (χ1n) is 5.22. The minimum Gasteiger partial charge on any atom is -0.492 e. The van der Waals surface area contributed by atoms with Crippen molar-refractivity contribution >= 4 is 11.9 Å². The number of fused-ring (bicyclic) bond motifs is 1. The van der Waals surface area contributed by atoms with Gasteiger partial charge in [0.1, 0.15) is 24.6 Å². The number of hydrogen-bond acceptors (Lipinski definition) is 4. The third kappa shape index (κ3) is 1.73. The van der Waals surface area contributed by atoms with Crippen LogP contribution >= 0.6 is 0 Å².